The van der Waals surface area contributed by atoms with Gasteiger partial charge < -0.3 is 19.9 Å². The number of ether oxygens (including phenoxy) is 2. The van der Waals surface area contributed by atoms with Crippen molar-refractivity contribution in [1.29, 1.82) is 0 Å². The number of rotatable bonds is 8. The third-order valence-corrected chi connectivity index (χ3v) is 4.46. The summed E-state index contributed by atoms with van der Waals surface area (Å²) in [5, 5.41) is 12.5. The van der Waals surface area contributed by atoms with Crippen molar-refractivity contribution >= 4 is 0 Å². The lowest BCUT2D eigenvalue weighted by atomic mass is 9.99. The SMILES string of the molecule is COc1cc(C(C)NCc2c(C)cc(C)cc2C)ccc1OCCO. The fourth-order valence-electron chi connectivity index (χ4n) is 3.09. The van der Waals surface area contributed by atoms with Crippen molar-refractivity contribution in [3.63, 3.8) is 0 Å². The molecule has 0 spiro atoms. The van der Waals surface area contributed by atoms with E-state index in [4.69, 9.17) is 14.6 Å². The summed E-state index contributed by atoms with van der Waals surface area (Å²) in [6.07, 6.45) is 0. The Bertz CT molecular complexity index is 689. The van der Waals surface area contributed by atoms with E-state index >= 15 is 0 Å². The van der Waals surface area contributed by atoms with Crippen LogP contribution in [0.4, 0.5) is 0 Å². The molecule has 4 nitrogen and oxygen atoms in total. The van der Waals surface area contributed by atoms with Crippen LogP contribution in [0.2, 0.25) is 0 Å². The molecule has 0 fully saturated rings. The maximum atomic E-state index is 8.90. The van der Waals surface area contributed by atoms with Gasteiger partial charge in [0.15, 0.2) is 11.5 Å². The molecule has 0 bridgehead atoms. The van der Waals surface area contributed by atoms with Crippen molar-refractivity contribution in [2.45, 2.75) is 40.3 Å². The van der Waals surface area contributed by atoms with Crippen LogP contribution in [0.25, 0.3) is 0 Å². The van der Waals surface area contributed by atoms with Crippen molar-refractivity contribution in [2.24, 2.45) is 0 Å². The number of aliphatic hydroxyl groups excluding tert-OH is 1. The van der Waals surface area contributed by atoms with Gasteiger partial charge in [-0.2, -0.15) is 0 Å². The first-order valence-corrected chi connectivity index (χ1v) is 8.68. The number of benzene rings is 2. The Morgan fingerprint density at radius 3 is 2.32 bits per heavy atom. The van der Waals surface area contributed by atoms with E-state index in [0.29, 0.717) is 11.5 Å². The van der Waals surface area contributed by atoms with E-state index in [1.807, 2.05) is 18.2 Å². The third kappa shape index (κ3) is 4.97. The number of methoxy groups -OCH3 is 1. The molecule has 1 unspecified atom stereocenters. The lowest BCUT2D eigenvalue weighted by Gasteiger charge is -2.19. The zero-order chi connectivity index (χ0) is 18.4. The molecule has 0 heterocycles. The Labute approximate surface area is 150 Å². The third-order valence-electron chi connectivity index (χ3n) is 4.46. The van der Waals surface area contributed by atoms with Crippen LogP contribution in [0.5, 0.6) is 11.5 Å². The lowest BCUT2D eigenvalue weighted by Crippen LogP contribution is -2.19. The van der Waals surface area contributed by atoms with E-state index < -0.39 is 0 Å². The summed E-state index contributed by atoms with van der Waals surface area (Å²) in [6, 6.07) is 10.5. The molecule has 136 valence electrons. The van der Waals surface area contributed by atoms with Gasteiger partial charge in [-0.15, -0.1) is 0 Å². The van der Waals surface area contributed by atoms with Crippen LogP contribution in [0.15, 0.2) is 30.3 Å². The minimum absolute atomic E-state index is 0.0158. The summed E-state index contributed by atoms with van der Waals surface area (Å²) in [6.45, 7) is 9.67. The van der Waals surface area contributed by atoms with Crippen LogP contribution in [0.1, 0.15) is 40.8 Å². The number of nitrogens with one attached hydrogen (secondary N) is 1. The highest BCUT2D eigenvalue weighted by atomic mass is 16.5. The van der Waals surface area contributed by atoms with E-state index in [0.717, 1.165) is 12.1 Å². The summed E-state index contributed by atoms with van der Waals surface area (Å²) in [5.74, 6) is 1.33. The van der Waals surface area contributed by atoms with E-state index in [9.17, 15) is 0 Å². The molecule has 25 heavy (non-hydrogen) atoms. The molecule has 2 aromatic rings. The molecule has 2 N–H and O–H groups in total. The standard InChI is InChI=1S/C21H29NO3/c1-14-10-15(2)19(16(3)11-14)13-22-17(4)18-6-7-20(25-9-8-23)21(12-18)24-5/h6-7,10-12,17,22-23H,8-9,13H2,1-5H3. The zero-order valence-corrected chi connectivity index (χ0v) is 15.8. The number of aliphatic hydroxyl groups is 1. The molecule has 0 aromatic heterocycles. The van der Waals surface area contributed by atoms with Crippen LogP contribution in [-0.2, 0) is 6.54 Å². The van der Waals surface area contributed by atoms with Gasteiger partial charge in [0, 0.05) is 12.6 Å². The van der Waals surface area contributed by atoms with Gasteiger partial charge in [-0.25, -0.2) is 0 Å². The predicted molar refractivity (Wildman–Crippen MR) is 101 cm³/mol. The predicted octanol–water partition coefficient (Wildman–Crippen LogP) is 3.84. The number of hydrogen-bond donors (Lipinski definition) is 2. The second kappa shape index (κ2) is 8.88. The zero-order valence-electron chi connectivity index (χ0n) is 15.8. The topological polar surface area (TPSA) is 50.7 Å². The van der Waals surface area contributed by atoms with Crippen LogP contribution < -0.4 is 14.8 Å². The molecule has 0 aliphatic rings. The summed E-state index contributed by atoms with van der Waals surface area (Å²) in [4.78, 5) is 0. The van der Waals surface area contributed by atoms with Gasteiger partial charge in [-0.05, 0) is 62.1 Å². The minimum atomic E-state index is -0.0158. The summed E-state index contributed by atoms with van der Waals surface area (Å²) < 4.78 is 10.9. The van der Waals surface area contributed by atoms with Crippen LogP contribution in [0.3, 0.4) is 0 Å². The van der Waals surface area contributed by atoms with Crippen molar-refractivity contribution < 1.29 is 14.6 Å². The van der Waals surface area contributed by atoms with Crippen molar-refractivity contribution in [3.8, 4) is 11.5 Å². The molecule has 0 saturated heterocycles. The molecule has 1 atom stereocenters. The molecular formula is C21H29NO3. The Morgan fingerprint density at radius 1 is 1.04 bits per heavy atom. The summed E-state index contributed by atoms with van der Waals surface area (Å²) in [7, 11) is 1.63. The van der Waals surface area contributed by atoms with Crippen LogP contribution >= 0.6 is 0 Å². The van der Waals surface area contributed by atoms with Crippen molar-refractivity contribution in [1.82, 2.24) is 5.32 Å². The second-order valence-corrected chi connectivity index (χ2v) is 6.46. The molecule has 0 saturated carbocycles. The van der Waals surface area contributed by atoms with Crippen LogP contribution in [-0.4, -0.2) is 25.4 Å². The van der Waals surface area contributed by atoms with Crippen molar-refractivity contribution in [3.05, 3.63) is 58.1 Å². The quantitative estimate of drug-likeness (QED) is 0.764. The highest BCUT2D eigenvalue weighted by molar-refractivity contribution is 5.44. The highest BCUT2D eigenvalue weighted by Crippen LogP contribution is 2.30. The first-order valence-electron chi connectivity index (χ1n) is 8.68. The molecule has 2 rings (SSSR count). The average molecular weight is 343 g/mol. The molecule has 0 amide bonds. The Kier molecular flexibility index (Phi) is 6.85. The Hall–Kier alpha value is -2.04. The summed E-state index contributed by atoms with van der Waals surface area (Å²) >= 11 is 0. The summed E-state index contributed by atoms with van der Waals surface area (Å²) in [5.41, 5.74) is 6.43. The molecule has 0 aliphatic heterocycles. The van der Waals surface area contributed by atoms with Gasteiger partial charge in [0.1, 0.15) is 6.61 Å². The van der Waals surface area contributed by atoms with E-state index in [2.05, 4.69) is 45.1 Å². The van der Waals surface area contributed by atoms with Gasteiger partial charge in [0.2, 0.25) is 0 Å². The van der Waals surface area contributed by atoms with Gasteiger partial charge >= 0.3 is 0 Å². The first kappa shape index (κ1) is 19.3. The maximum Gasteiger partial charge on any atom is 0.161 e. The second-order valence-electron chi connectivity index (χ2n) is 6.46. The largest absolute Gasteiger partial charge is 0.493 e. The van der Waals surface area contributed by atoms with E-state index in [-0.39, 0.29) is 19.3 Å². The van der Waals surface area contributed by atoms with Gasteiger partial charge in [-0.1, -0.05) is 23.8 Å². The minimum Gasteiger partial charge on any atom is -0.493 e. The highest BCUT2D eigenvalue weighted by Gasteiger charge is 2.12. The number of hydrogen-bond acceptors (Lipinski definition) is 4. The molecule has 2 aromatic carbocycles. The molecule has 0 aliphatic carbocycles. The normalized spacial score (nSPS) is 12.1. The maximum absolute atomic E-state index is 8.90. The first-order chi connectivity index (χ1) is 12.0. The van der Waals surface area contributed by atoms with E-state index in [1.54, 1.807) is 7.11 Å². The monoisotopic (exact) mass is 343 g/mol. The smallest absolute Gasteiger partial charge is 0.161 e. The molecule has 4 heteroatoms. The van der Waals surface area contributed by atoms with Gasteiger partial charge in [0.25, 0.3) is 0 Å². The number of aryl methyl sites for hydroxylation is 3. The van der Waals surface area contributed by atoms with Crippen LogP contribution in [0, 0.1) is 20.8 Å². The van der Waals surface area contributed by atoms with Gasteiger partial charge in [-0.3, -0.25) is 0 Å². The Morgan fingerprint density at radius 2 is 1.72 bits per heavy atom. The fraction of sp³-hybridized carbons (Fsp3) is 0.429. The van der Waals surface area contributed by atoms with Gasteiger partial charge in [0.05, 0.1) is 13.7 Å². The molecule has 0 radical (unpaired) electrons. The molecular weight excluding hydrogens is 314 g/mol. The lowest BCUT2D eigenvalue weighted by molar-refractivity contribution is 0.196. The van der Waals surface area contributed by atoms with E-state index in [1.165, 1.54) is 22.3 Å². The Balaban J connectivity index is 2.09. The fourth-order valence-corrected chi connectivity index (χ4v) is 3.09. The van der Waals surface area contributed by atoms with Crippen molar-refractivity contribution in [2.75, 3.05) is 20.3 Å². The average Bonchev–Trinajstić information content (AvgIpc) is 2.58.